The smallest absolute Gasteiger partial charge is 0.211 e. The molecule has 0 radical (unpaired) electrons. The zero-order valence-electron chi connectivity index (χ0n) is 30.3. The van der Waals surface area contributed by atoms with Gasteiger partial charge in [-0.15, -0.1) is 0 Å². The van der Waals surface area contributed by atoms with E-state index < -0.39 is 0 Å². The van der Waals surface area contributed by atoms with Crippen molar-refractivity contribution < 1.29 is 0 Å². The van der Waals surface area contributed by atoms with E-state index in [-0.39, 0.29) is 0 Å². The van der Waals surface area contributed by atoms with Crippen LogP contribution >= 0.6 is 0 Å². The van der Waals surface area contributed by atoms with Gasteiger partial charge in [0.25, 0.3) is 0 Å². The van der Waals surface area contributed by atoms with Gasteiger partial charge >= 0.3 is 0 Å². The summed E-state index contributed by atoms with van der Waals surface area (Å²) in [6, 6.07) is 60.0. The molecule has 0 N–H and O–H groups in total. The highest BCUT2D eigenvalue weighted by Crippen LogP contribution is 2.44. The van der Waals surface area contributed by atoms with Gasteiger partial charge in [0, 0.05) is 32.6 Å². The van der Waals surface area contributed by atoms with Crippen molar-refractivity contribution in [2.45, 2.75) is 0 Å². The zero-order chi connectivity index (χ0) is 38.2. The third-order valence-corrected chi connectivity index (χ3v) is 11.3. The first kappa shape index (κ1) is 32.1. The Kier molecular flexibility index (Phi) is 6.95. The molecule has 0 amide bonds. The van der Waals surface area contributed by atoms with E-state index >= 15 is 0 Å². The minimum atomic E-state index is 0.492. The minimum Gasteiger partial charge on any atom is -0.318 e. The van der Waals surface area contributed by atoms with Gasteiger partial charge in [0.05, 0.1) is 69.3 Å². The van der Waals surface area contributed by atoms with Crippen LogP contribution in [0.4, 0.5) is 11.4 Å². The van der Waals surface area contributed by atoms with E-state index in [1.807, 2.05) is 72.8 Å². The number of para-hydroxylation sites is 6. The quantitative estimate of drug-likeness (QED) is 0.167. The van der Waals surface area contributed by atoms with Crippen molar-refractivity contribution >= 4 is 76.8 Å². The molecule has 0 spiro atoms. The van der Waals surface area contributed by atoms with Gasteiger partial charge in [0.2, 0.25) is 5.69 Å². The summed E-state index contributed by atoms with van der Waals surface area (Å²) in [5, 5.41) is 17.1. The number of benzene rings is 8. The SMILES string of the molecule is [C-]#[N+]c1ccc2c(c1)c1cccc(-n3c4ccccc4c4ccccc43)c1n2-c1cc(C#N)cc(-c2cccc([N+]#[C-])c2-n2c3ccccc3c3ccccc32)c1. The van der Waals surface area contributed by atoms with Crippen LogP contribution in [0.2, 0.25) is 0 Å². The summed E-state index contributed by atoms with van der Waals surface area (Å²) in [5.74, 6) is 0. The standard InChI is InChI=1S/C51H28N6/c1-53-34-25-26-48-42(30-34)41-18-12-24-49(56-44-20-7-3-13-37(44)38-14-4-8-21-45(38)56)51(41)55(48)35-28-32(31-52)27-33(29-35)36-17-11-19-43(54-2)50(36)57-46-22-9-5-15-39(46)40-16-6-10-23-47(40)57/h3-30H. The lowest BCUT2D eigenvalue weighted by Crippen LogP contribution is -2.02. The zero-order valence-corrected chi connectivity index (χ0v) is 30.3. The lowest BCUT2D eigenvalue weighted by Gasteiger charge is -2.18. The molecule has 6 nitrogen and oxygen atoms in total. The first-order chi connectivity index (χ1) is 28.2. The fourth-order valence-corrected chi connectivity index (χ4v) is 8.95. The molecule has 0 aliphatic rings. The Morgan fingerprint density at radius 3 is 1.61 bits per heavy atom. The Morgan fingerprint density at radius 1 is 0.456 bits per heavy atom. The molecule has 11 rings (SSSR count). The predicted octanol–water partition coefficient (Wildman–Crippen LogP) is 13.6. The molecule has 57 heavy (non-hydrogen) atoms. The molecular formula is C51H28N6. The van der Waals surface area contributed by atoms with Crippen LogP contribution in [0.3, 0.4) is 0 Å². The third-order valence-electron chi connectivity index (χ3n) is 11.3. The van der Waals surface area contributed by atoms with Crippen molar-refractivity contribution in [1.29, 1.82) is 5.26 Å². The fourth-order valence-electron chi connectivity index (χ4n) is 8.95. The Labute approximate surface area is 327 Å². The highest BCUT2D eigenvalue weighted by molar-refractivity contribution is 6.16. The average molecular weight is 725 g/mol. The van der Waals surface area contributed by atoms with Crippen LogP contribution in [0, 0.1) is 24.5 Å². The lowest BCUT2D eigenvalue weighted by molar-refractivity contribution is 1.13. The van der Waals surface area contributed by atoms with Crippen LogP contribution in [0.5, 0.6) is 0 Å². The third kappa shape index (κ3) is 4.61. The van der Waals surface area contributed by atoms with Crippen molar-refractivity contribution in [2.75, 3.05) is 0 Å². The highest BCUT2D eigenvalue weighted by Gasteiger charge is 2.23. The van der Waals surface area contributed by atoms with Crippen molar-refractivity contribution in [3.05, 3.63) is 198 Å². The van der Waals surface area contributed by atoms with Gasteiger partial charge in [-0.1, -0.05) is 109 Å². The molecule has 0 saturated heterocycles. The molecular weight excluding hydrogens is 697 g/mol. The van der Waals surface area contributed by atoms with E-state index in [4.69, 9.17) is 13.1 Å². The molecule has 0 bridgehead atoms. The van der Waals surface area contributed by atoms with Gasteiger partial charge in [-0.05, 0) is 77.2 Å². The fraction of sp³-hybridized carbons (Fsp3) is 0. The molecule has 3 aromatic heterocycles. The number of hydrogen-bond acceptors (Lipinski definition) is 1. The largest absolute Gasteiger partial charge is 0.318 e. The van der Waals surface area contributed by atoms with Crippen LogP contribution in [0.25, 0.3) is 103 Å². The maximum Gasteiger partial charge on any atom is 0.211 e. The number of nitriles is 1. The van der Waals surface area contributed by atoms with Crippen LogP contribution in [0.1, 0.15) is 5.56 Å². The Balaban J connectivity index is 1.25. The normalized spacial score (nSPS) is 11.5. The molecule has 11 aromatic rings. The van der Waals surface area contributed by atoms with Crippen LogP contribution in [-0.2, 0) is 0 Å². The van der Waals surface area contributed by atoms with E-state index in [2.05, 4.69) is 127 Å². The highest BCUT2D eigenvalue weighted by atomic mass is 15.1. The van der Waals surface area contributed by atoms with Gasteiger partial charge in [-0.25, -0.2) is 9.69 Å². The van der Waals surface area contributed by atoms with E-state index in [0.717, 1.165) is 93.6 Å². The van der Waals surface area contributed by atoms with Crippen molar-refractivity contribution in [3.63, 3.8) is 0 Å². The molecule has 262 valence electrons. The molecule has 0 fully saturated rings. The number of aromatic nitrogens is 3. The topological polar surface area (TPSA) is 47.3 Å². The number of fused-ring (bicyclic) bond motifs is 9. The maximum atomic E-state index is 10.7. The van der Waals surface area contributed by atoms with Crippen molar-refractivity contribution in [2.24, 2.45) is 0 Å². The second-order valence-corrected chi connectivity index (χ2v) is 14.2. The summed E-state index contributed by atoms with van der Waals surface area (Å²) >= 11 is 0. The first-order valence-electron chi connectivity index (χ1n) is 18.6. The van der Waals surface area contributed by atoms with Crippen LogP contribution in [0.15, 0.2) is 170 Å². The maximum absolute atomic E-state index is 10.7. The molecule has 0 aliphatic carbocycles. The summed E-state index contributed by atoms with van der Waals surface area (Å²) in [7, 11) is 0. The van der Waals surface area contributed by atoms with Gasteiger partial charge in [0.1, 0.15) is 0 Å². The van der Waals surface area contributed by atoms with E-state index in [1.54, 1.807) is 0 Å². The van der Waals surface area contributed by atoms with Gasteiger partial charge in [0.15, 0.2) is 5.69 Å². The lowest BCUT2D eigenvalue weighted by atomic mass is 9.99. The monoisotopic (exact) mass is 724 g/mol. The van der Waals surface area contributed by atoms with Crippen molar-refractivity contribution in [3.8, 4) is 34.3 Å². The minimum absolute atomic E-state index is 0.492. The molecule has 0 atom stereocenters. The number of rotatable bonds is 4. The van der Waals surface area contributed by atoms with Crippen LogP contribution < -0.4 is 0 Å². The van der Waals surface area contributed by atoms with E-state index in [9.17, 15) is 5.26 Å². The van der Waals surface area contributed by atoms with Gasteiger partial charge in [-0.2, -0.15) is 5.26 Å². The average Bonchev–Trinajstić information content (AvgIpc) is 3.91. The Morgan fingerprint density at radius 2 is 1.02 bits per heavy atom. The van der Waals surface area contributed by atoms with Gasteiger partial charge < -0.3 is 13.7 Å². The summed E-state index contributed by atoms with van der Waals surface area (Å²) in [4.78, 5) is 7.87. The molecule has 6 heteroatoms. The number of nitrogens with zero attached hydrogens (tertiary/aromatic N) is 6. The van der Waals surface area contributed by atoms with Crippen molar-refractivity contribution in [1.82, 2.24) is 13.7 Å². The van der Waals surface area contributed by atoms with E-state index in [0.29, 0.717) is 16.9 Å². The Bertz CT molecular complexity index is 3520. The number of hydrogen-bond donors (Lipinski definition) is 0. The second kappa shape index (κ2) is 12.3. The van der Waals surface area contributed by atoms with Crippen LogP contribution in [-0.4, -0.2) is 13.7 Å². The molecule has 0 aliphatic heterocycles. The molecule has 3 heterocycles. The summed E-state index contributed by atoms with van der Waals surface area (Å²) in [6.45, 7) is 16.2. The molecule has 8 aromatic carbocycles. The Hall–Kier alpha value is -8.37. The predicted molar refractivity (Wildman–Crippen MR) is 232 cm³/mol. The second-order valence-electron chi connectivity index (χ2n) is 14.2. The van der Waals surface area contributed by atoms with Gasteiger partial charge in [-0.3, -0.25) is 0 Å². The molecule has 0 saturated carbocycles. The molecule has 0 unspecified atom stereocenters. The summed E-state index contributed by atoms with van der Waals surface area (Å²) in [5.41, 5.74) is 11.8. The van der Waals surface area contributed by atoms with E-state index in [1.165, 1.54) is 0 Å². The summed E-state index contributed by atoms with van der Waals surface area (Å²) < 4.78 is 6.76. The first-order valence-corrected chi connectivity index (χ1v) is 18.6. The summed E-state index contributed by atoms with van der Waals surface area (Å²) in [6.07, 6.45) is 0.